The molecule has 192 valence electrons. The molecule has 0 amide bonds. The average Bonchev–Trinajstić information content (AvgIpc) is 3.30. The molecule has 2 aromatic heterocycles. The molecule has 0 atom stereocenters. The second-order valence-corrected chi connectivity index (χ2v) is 9.34. The summed E-state index contributed by atoms with van der Waals surface area (Å²) in [5.74, 6) is 0.00715. The first kappa shape index (κ1) is 25.5. The van der Waals surface area contributed by atoms with Crippen molar-refractivity contribution in [1.29, 1.82) is 0 Å². The van der Waals surface area contributed by atoms with Crippen LogP contribution in [0.5, 0.6) is 11.5 Å². The Labute approximate surface area is 229 Å². The van der Waals surface area contributed by atoms with Crippen LogP contribution >= 0.6 is 27.5 Å². The number of carbonyl (C=O) groups is 1. The van der Waals surface area contributed by atoms with Gasteiger partial charge in [-0.15, -0.1) is 0 Å². The third-order valence-corrected chi connectivity index (χ3v) is 6.27. The van der Waals surface area contributed by atoms with Gasteiger partial charge in [-0.2, -0.15) is 9.78 Å². The first-order valence-corrected chi connectivity index (χ1v) is 12.6. The molecule has 38 heavy (non-hydrogen) atoms. The monoisotopic (exact) mass is 595 g/mol. The normalized spacial score (nSPS) is 11.4. The molecular weight excluding hydrogens is 578 g/mol. The molecule has 0 fully saturated rings. The predicted molar refractivity (Wildman–Crippen MR) is 148 cm³/mol. The molecule has 0 radical (unpaired) electrons. The lowest BCUT2D eigenvalue weighted by Gasteiger charge is -2.13. The molecule has 0 aliphatic heterocycles. The summed E-state index contributed by atoms with van der Waals surface area (Å²) in [5.41, 5.74) is 1.26. The predicted octanol–water partition coefficient (Wildman–Crippen LogP) is 5.97. The number of aromatic nitrogens is 2. The van der Waals surface area contributed by atoms with E-state index in [2.05, 4.69) is 26.0 Å². The second kappa shape index (κ2) is 10.7. The van der Waals surface area contributed by atoms with Gasteiger partial charge in [0.2, 0.25) is 5.82 Å². The Morgan fingerprint density at radius 1 is 1.18 bits per heavy atom. The van der Waals surface area contributed by atoms with Crippen molar-refractivity contribution >= 4 is 61.6 Å². The number of carboxylic acid groups (broad SMARTS) is 1. The van der Waals surface area contributed by atoms with Crippen LogP contribution in [0, 0.1) is 0 Å². The van der Waals surface area contributed by atoms with Crippen LogP contribution in [0.1, 0.15) is 12.5 Å². The summed E-state index contributed by atoms with van der Waals surface area (Å²) in [6, 6.07) is 17.3. The summed E-state index contributed by atoms with van der Waals surface area (Å²) in [4.78, 5) is 29.1. The van der Waals surface area contributed by atoms with E-state index in [1.54, 1.807) is 67.6 Å². The van der Waals surface area contributed by atoms with Crippen molar-refractivity contribution < 1.29 is 23.8 Å². The number of para-hydroxylation sites is 1. The maximum absolute atomic E-state index is 13.5. The van der Waals surface area contributed by atoms with Crippen molar-refractivity contribution in [3.63, 3.8) is 0 Å². The van der Waals surface area contributed by atoms with Gasteiger partial charge < -0.3 is 19.0 Å². The minimum absolute atomic E-state index is 0.211. The van der Waals surface area contributed by atoms with Gasteiger partial charge in [-0.1, -0.05) is 23.7 Å². The van der Waals surface area contributed by atoms with Crippen LogP contribution in [0.2, 0.25) is 5.02 Å². The molecule has 3 aromatic carbocycles. The number of ether oxygens (including phenoxy) is 2. The molecule has 5 rings (SSSR count). The number of nitrogens with zero attached hydrogens (tertiary/aromatic N) is 3. The topological polar surface area (TPSA) is 116 Å². The van der Waals surface area contributed by atoms with E-state index in [1.807, 2.05) is 0 Å². The quantitative estimate of drug-likeness (QED) is 0.219. The largest absolute Gasteiger partial charge is 0.490 e. The lowest BCUT2D eigenvalue weighted by atomic mass is 10.2. The lowest BCUT2D eigenvalue weighted by molar-refractivity contribution is -0.139. The molecule has 0 unspecified atom stereocenters. The Balaban J connectivity index is 1.63. The molecule has 1 N–H and O–H groups in total. The number of furan rings is 1. The Morgan fingerprint density at radius 2 is 2.00 bits per heavy atom. The first-order chi connectivity index (χ1) is 18.3. The van der Waals surface area contributed by atoms with Crippen LogP contribution in [0.25, 0.3) is 33.5 Å². The number of carboxylic acids is 1. The van der Waals surface area contributed by atoms with E-state index < -0.39 is 12.6 Å². The molecule has 0 aliphatic rings. The summed E-state index contributed by atoms with van der Waals surface area (Å²) in [5, 5.41) is 15.1. The number of hydrogen-bond acceptors (Lipinski definition) is 7. The fraction of sp³-hybridized carbons (Fsp3) is 0.111. The third-order valence-electron chi connectivity index (χ3n) is 5.45. The smallest absolute Gasteiger partial charge is 0.341 e. The van der Waals surface area contributed by atoms with E-state index in [1.165, 1.54) is 10.9 Å². The van der Waals surface area contributed by atoms with Crippen molar-refractivity contribution in [1.82, 2.24) is 9.66 Å². The highest BCUT2D eigenvalue weighted by atomic mass is 79.9. The van der Waals surface area contributed by atoms with Crippen LogP contribution < -0.4 is 15.0 Å². The minimum atomic E-state index is -1.12. The fourth-order valence-electron chi connectivity index (χ4n) is 3.84. The summed E-state index contributed by atoms with van der Waals surface area (Å²) in [7, 11) is 0. The molecular formula is C27H19BrClN3O6. The molecule has 2 heterocycles. The van der Waals surface area contributed by atoms with Crippen LogP contribution in [0.4, 0.5) is 0 Å². The van der Waals surface area contributed by atoms with Gasteiger partial charge in [-0.3, -0.25) is 4.79 Å². The lowest BCUT2D eigenvalue weighted by Crippen LogP contribution is -2.20. The van der Waals surface area contributed by atoms with Crippen molar-refractivity contribution in [2.45, 2.75) is 6.92 Å². The average molecular weight is 597 g/mol. The van der Waals surface area contributed by atoms with E-state index in [0.29, 0.717) is 49.7 Å². The van der Waals surface area contributed by atoms with Gasteiger partial charge in [0.15, 0.2) is 23.9 Å². The molecule has 0 saturated carbocycles. The molecule has 11 heteroatoms. The zero-order valence-corrected chi connectivity index (χ0v) is 22.2. The van der Waals surface area contributed by atoms with Crippen LogP contribution in [0.15, 0.2) is 79.4 Å². The highest BCUT2D eigenvalue weighted by molar-refractivity contribution is 9.10. The Hall–Kier alpha value is -4.15. The van der Waals surface area contributed by atoms with Crippen LogP contribution in [0.3, 0.4) is 0 Å². The number of benzene rings is 3. The van der Waals surface area contributed by atoms with Crippen LogP contribution in [-0.2, 0) is 4.79 Å². The zero-order valence-electron chi connectivity index (χ0n) is 19.9. The first-order valence-electron chi connectivity index (χ1n) is 11.4. The minimum Gasteiger partial charge on any atom is -0.490 e. The van der Waals surface area contributed by atoms with Gasteiger partial charge in [0.1, 0.15) is 5.58 Å². The second-order valence-electron chi connectivity index (χ2n) is 8.05. The number of fused-ring (bicyclic) bond motifs is 2. The van der Waals surface area contributed by atoms with Gasteiger partial charge in [0.25, 0.3) is 5.56 Å². The molecule has 5 aromatic rings. The summed E-state index contributed by atoms with van der Waals surface area (Å²) in [6.45, 7) is 1.59. The maximum atomic E-state index is 13.5. The Morgan fingerprint density at radius 3 is 2.79 bits per heavy atom. The standard InChI is InChI=1S/C27H19BrClN3O6/c1-2-36-22-10-15(9-19(28)25(22)37-14-24(33)34)13-30-32-26(31-20-6-4-3-5-18(20)27(32)35)23-12-16-11-17(29)7-8-21(16)38-23/h3-13H,2,14H2,1H3,(H,33,34). The van der Waals surface area contributed by atoms with E-state index in [4.69, 9.17) is 30.6 Å². The fourth-order valence-corrected chi connectivity index (χ4v) is 4.59. The van der Waals surface area contributed by atoms with Gasteiger partial charge in [-0.05, 0) is 76.9 Å². The SMILES string of the molecule is CCOc1cc(C=Nn2c(-c3cc4cc(Cl)ccc4o3)nc3ccccc3c2=O)cc(Br)c1OCC(=O)O. The maximum Gasteiger partial charge on any atom is 0.341 e. The summed E-state index contributed by atoms with van der Waals surface area (Å²) < 4.78 is 18.6. The van der Waals surface area contributed by atoms with Gasteiger partial charge in [-0.25, -0.2) is 9.78 Å². The van der Waals surface area contributed by atoms with Crippen molar-refractivity contribution in [2.24, 2.45) is 5.10 Å². The summed E-state index contributed by atoms with van der Waals surface area (Å²) in [6.07, 6.45) is 1.47. The van der Waals surface area contributed by atoms with Crippen molar-refractivity contribution in [3.05, 3.63) is 86.1 Å². The highest BCUT2D eigenvalue weighted by Gasteiger charge is 2.17. The zero-order chi connectivity index (χ0) is 26.8. The molecule has 9 nitrogen and oxygen atoms in total. The van der Waals surface area contributed by atoms with Crippen molar-refractivity contribution in [2.75, 3.05) is 13.2 Å². The number of aliphatic carboxylic acids is 1. The van der Waals surface area contributed by atoms with E-state index in [-0.39, 0.29) is 17.1 Å². The highest BCUT2D eigenvalue weighted by Crippen LogP contribution is 2.37. The Kier molecular flexibility index (Phi) is 7.17. The molecule has 0 spiro atoms. The van der Waals surface area contributed by atoms with Gasteiger partial charge >= 0.3 is 5.97 Å². The number of rotatable bonds is 8. The molecule has 0 aliphatic carbocycles. The molecule has 0 saturated heterocycles. The van der Waals surface area contributed by atoms with E-state index in [0.717, 1.165) is 5.39 Å². The van der Waals surface area contributed by atoms with Crippen LogP contribution in [-0.4, -0.2) is 40.2 Å². The molecule has 0 bridgehead atoms. The Bertz CT molecular complexity index is 1780. The number of hydrogen-bond donors (Lipinski definition) is 1. The summed E-state index contributed by atoms with van der Waals surface area (Å²) >= 11 is 9.53. The van der Waals surface area contributed by atoms with Gasteiger partial charge in [0, 0.05) is 10.4 Å². The number of halogens is 2. The third kappa shape index (κ3) is 5.13. The van der Waals surface area contributed by atoms with E-state index in [9.17, 15) is 9.59 Å². The van der Waals surface area contributed by atoms with Gasteiger partial charge in [0.05, 0.1) is 28.2 Å². The van der Waals surface area contributed by atoms with Crippen molar-refractivity contribution in [3.8, 4) is 23.1 Å². The van der Waals surface area contributed by atoms with E-state index >= 15 is 0 Å².